The molecular formula is C18H20ClN5O3. The molecule has 0 aliphatic carbocycles. The van der Waals surface area contributed by atoms with Crippen molar-refractivity contribution in [3.63, 3.8) is 0 Å². The van der Waals surface area contributed by atoms with E-state index >= 15 is 0 Å². The Kier molecular flexibility index (Phi) is 4.75. The molecule has 142 valence electrons. The molecule has 3 N–H and O–H groups in total. The van der Waals surface area contributed by atoms with Gasteiger partial charge in [-0.3, -0.25) is 4.79 Å². The van der Waals surface area contributed by atoms with Crippen molar-refractivity contribution in [2.24, 2.45) is 5.73 Å². The van der Waals surface area contributed by atoms with Crippen molar-refractivity contribution in [1.82, 2.24) is 9.97 Å². The van der Waals surface area contributed by atoms with E-state index in [1.807, 2.05) is 25.1 Å². The average Bonchev–Trinajstić information content (AvgIpc) is 2.67. The second-order valence-corrected chi connectivity index (χ2v) is 6.77. The molecule has 1 amide bonds. The van der Waals surface area contributed by atoms with Crippen LogP contribution in [0, 0.1) is 0 Å². The van der Waals surface area contributed by atoms with Crippen LogP contribution in [-0.4, -0.2) is 48.3 Å². The van der Waals surface area contributed by atoms with Crippen molar-refractivity contribution >= 4 is 34.7 Å². The number of halogens is 1. The Hall–Kier alpha value is -2.58. The van der Waals surface area contributed by atoms with Gasteiger partial charge in [-0.15, -0.1) is 0 Å². The zero-order chi connectivity index (χ0) is 19.0. The number of hydrogen-bond donors (Lipinski definition) is 2. The minimum Gasteiger partial charge on any atom is -0.489 e. The van der Waals surface area contributed by atoms with E-state index in [4.69, 9.17) is 26.8 Å². The van der Waals surface area contributed by atoms with Gasteiger partial charge in [-0.1, -0.05) is 18.5 Å². The zero-order valence-corrected chi connectivity index (χ0v) is 15.6. The van der Waals surface area contributed by atoms with Crippen LogP contribution in [0.3, 0.4) is 0 Å². The highest BCUT2D eigenvalue weighted by Crippen LogP contribution is 2.37. The molecular weight excluding hydrogens is 370 g/mol. The van der Waals surface area contributed by atoms with E-state index in [0.717, 1.165) is 18.0 Å². The number of morpholine rings is 1. The molecule has 0 saturated carbocycles. The second kappa shape index (κ2) is 7.21. The molecule has 0 spiro atoms. The summed E-state index contributed by atoms with van der Waals surface area (Å²) in [5.74, 6) is 0.328. The Bertz CT molecular complexity index is 892. The Morgan fingerprint density at radius 3 is 3.04 bits per heavy atom. The summed E-state index contributed by atoms with van der Waals surface area (Å²) >= 11 is 6.16. The lowest BCUT2D eigenvalue weighted by molar-refractivity contribution is 0.0705. The van der Waals surface area contributed by atoms with Crippen molar-refractivity contribution < 1.29 is 14.3 Å². The second-order valence-electron chi connectivity index (χ2n) is 6.42. The molecule has 1 saturated heterocycles. The summed E-state index contributed by atoms with van der Waals surface area (Å²) in [5.41, 5.74) is 7.78. The number of nitrogens with one attached hydrogen (secondary N) is 1. The van der Waals surface area contributed by atoms with E-state index in [1.54, 1.807) is 0 Å². The van der Waals surface area contributed by atoms with E-state index in [1.165, 1.54) is 0 Å². The third kappa shape index (κ3) is 3.38. The van der Waals surface area contributed by atoms with Gasteiger partial charge in [-0.25, -0.2) is 9.97 Å². The van der Waals surface area contributed by atoms with Crippen molar-refractivity contribution in [2.75, 3.05) is 36.6 Å². The number of hydrogen-bond acceptors (Lipinski definition) is 7. The largest absolute Gasteiger partial charge is 0.489 e. The quantitative estimate of drug-likeness (QED) is 0.825. The summed E-state index contributed by atoms with van der Waals surface area (Å²) < 4.78 is 11.4. The number of carbonyl (C=O) groups is 1. The van der Waals surface area contributed by atoms with Gasteiger partial charge in [0.1, 0.15) is 12.4 Å². The third-order valence-electron chi connectivity index (χ3n) is 4.68. The molecule has 2 aliphatic rings. The Balaban J connectivity index is 1.64. The number of amides is 1. The highest BCUT2D eigenvalue weighted by atomic mass is 35.5. The number of benzene rings is 1. The summed E-state index contributed by atoms with van der Waals surface area (Å²) in [4.78, 5) is 22.6. The maximum atomic E-state index is 11.8. The van der Waals surface area contributed by atoms with E-state index in [0.29, 0.717) is 37.6 Å². The molecule has 0 unspecified atom stereocenters. The number of primary amides is 1. The fourth-order valence-corrected chi connectivity index (χ4v) is 3.57. The van der Waals surface area contributed by atoms with E-state index in [9.17, 15) is 4.79 Å². The minimum atomic E-state index is -0.665. The Morgan fingerprint density at radius 2 is 2.26 bits per heavy atom. The molecule has 3 heterocycles. The maximum absolute atomic E-state index is 11.8. The number of aryl methyl sites for hydroxylation is 1. The van der Waals surface area contributed by atoms with Crippen LogP contribution in [0.25, 0.3) is 0 Å². The van der Waals surface area contributed by atoms with Crippen LogP contribution >= 0.6 is 11.6 Å². The van der Waals surface area contributed by atoms with Crippen LogP contribution in [0.15, 0.2) is 18.2 Å². The fourth-order valence-electron chi connectivity index (χ4n) is 3.31. The smallest absolute Gasteiger partial charge is 0.271 e. The van der Waals surface area contributed by atoms with Gasteiger partial charge in [0.25, 0.3) is 5.91 Å². The van der Waals surface area contributed by atoms with Crippen LogP contribution < -0.4 is 20.7 Å². The highest BCUT2D eigenvalue weighted by Gasteiger charge is 2.30. The summed E-state index contributed by atoms with van der Waals surface area (Å²) in [5, 5.41) is 3.33. The van der Waals surface area contributed by atoms with Crippen LogP contribution in [0.5, 0.6) is 5.75 Å². The first-order valence-electron chi connectivity index (χ1n) is 8.81. The molecule has 8 nitrogen and oxygen atoms in total. The van der Waals surface area contributed by atoms with Gasteiger partial charge in [-0.05, 0) is 18.6 Å². The van der Waals surface area contributed by atoms with E-state index in [-0.39, 0.29) is 22.7 Å². The lowest BCUT2D eigenvalue weighted by Gasteiger charge is -2.41. The normalized spacial score (nSPS) is 18.3. The van der Waals surface area contributed by atoms with E-state index in [2.05, 4.69) is 20.2 Å². The van der Waals surface area contributed by atoms with Crippen LogP contribution in [-0.2, 0) is 11.2 Å². The number of rotatable bonds is 4. The standard InChI is InChI=1S/C18H20ClN5O3/c1-2-12-16(19)23-18(15(22-12)17(20)25)21-10-3-4-13-14(7-10)27-9-11-8-26-6-5-24(11)13/h3-4,7,11H,2,5-6,8-9H2,1H3,(H2,20,25)(H,21,23)/t11-/m0/s1. The maximum Gasteiger partial charge on any atom is 0.271 e. The Labute approximate surface area is 161 Å². The molecule has 9 heteroatoms. The first-order valence-corrected chi connectivity index (χ1v) is 9.19. The summed E-state index contributed by atoms with van der Waals surface area (Å²) in [6, 6.07) is 5.98. The van der Waals surface area contributed by atoms with Gasteiger partial charge in [0.05, 0.1) is 30.6 Å². The first-order chi connectivity index (χ1) is 13.1. The SMILES string of the molecule is CCc1nc(C(N)=O)c(Nc2ccc3c(c2)OC[C@@H]2COCCN32)nc1Cl. The number of carbonyl (C=O) groups excluding carboxylic acids is 1. The average molecular weight is 390 g/mol. The van der Waals surface area contributed by atoms with Gasteiger partial charge in [0, 0.05) is 18.3 Å². The molecule has 4 rings (SSSR count). The van der Waals surface area contributed by atoms with Crippen LogP contribution in [0.1, 0.15) is 23.1 Å². The molecule has 0 bridgehead atoms. The fraction of sp³-hybridized carbons (Fsp3) is 0.389. The molecule has 1 aromatic carbocycles. The van der Waals surface area contributed by atoms with Crippen molar-refractivity contribution in [3.05, 3.63) is 34.7 Å². The third-order valence-corrected chi connectivity index (χ3v) is 4.98. The van der Waals surface area contributed by atoms with Gasteiger partial charge >= 0.3 is 0 Å². The lowest BCUT2D eigenvalue weighted by atomic mass is 10.1. The molecule has 2 aromatic rings. The summed E-state index contributed by atoms with van der Waals surface area (Å²) in [6.45, 7) is 4.65. The highest BCUT2D eigenvalue weighted by molar-refractivity contribution is 6.30. The summed E-state index contributed by atoms with van der Waals surface area (Å²) in [7, 11) is 0. The van der Waals surface area contributed by atoms with Crippen LogP contribution in [0.4, 0.5) is 17.2 Å². The molecule has 1 atom stereocenters. The van der Waals surface area contributed by atoms with Gasteiger partial charge in [-0.2, -0.15) is 0 Å². The van der Waals surface area contributed by atoms with Gasteiger partial charge in [0.2, 0.25) is 0 Å². The number of anilines is 3. The van der Waals surface area contributed by atoms with Gasteiger partial charge < -0.3 is 25.4 Å². The predicted molar refractivity (Wildman–Crippen MR) is 102 cm³/mol. The number of fused-ring (bicyclic) bond motifs is 3. The molecule has 27 heavy (non-hydrogen) atoms. The number of nitrogens with two attached hydrogens (primary N) is 1. The lowest BCUT2D eigenvalue weighted by Crippen LogP contribution is -2.51. The van der Waals surface area contributed by atoms with Crippen molar-refractivity contribution in [2.45, 2.75) is 19.4 Å². The molecule has 1 aromatic heterocycles. The number of aromatic nitrogens is 2. The topological polar surface area (TPSA) is 103 Å². The zero-order valence-electron chi connectivity index (χ0n) is 14.9. The number of nitrogens with zero attached hydrogens (tertiary/aromatic N) is 3. The summed E-state index contributed by atoms with van der Waals surface area (Å²) in [6.07, 6.45) is 0.555. The first kappa shape index (κ1) is 17.8. The minimum absolute atomic E-state index is 0.0585. The van der Waals surface area contributed by atoms with Gasteiger partial charge in [0.15, 0.2) is 16.7 Å². The molecule has 2 aliphatic heterocycles. The molecule has 1 fully saturated rings. The van der Waals surface area contributed by atoms with Crippen LogP contribution in [0.2, 0.25) is 5.15 Å². The van der Waals surface area contributed by atoms with Crippen molar-refractivity contribution in [3.8, 4) is 5.75 Å². The monoisotopic (exact) mass is 389 g/mol. The van der Waals surface area contributed by atoms with E-state index < -0.39 is 5.91 Å². The van der Waals surface area contributed by atoms with Crippen molar-refractivity contribution in [1.29, 1.82) is 0 Å². The number of ether oxygens (including phenoxy) is 2. The predicted octanol–water partition coefficient (Wildman–Crippen LogP) is 2.13. The molecule has 0 radical (unpaired) electrons. The Morgan fingerprint density at radius 1 is 1.41 bits per heavy atom.